The van der Waals surface area contributed by atoms with Crippen molar-refractivity contribution in [2.24, 2.45) is 5.92 Å². The molecule has 4 heteroatoms. The molecule has 2 bridgehead atoms. The lowest BCUT2D eigenvalue weighted by atomic mass is 9.54. The predicted octanol–water partition coefficient (Wildman–Crippen LogP) is 1.37. The third kappa shape index (κ3) is 1.19. The largest absolute Gasteiger partial charge is 0.493 e. The van der Waals surface area contributed by atoms with Crippen LogP contribution in [-0.4, -0.2) is 31.6 Å². The van der Waals surface area contributed by atoms with Gasteiger partial charge in [-0.2, -0.15) is 0 Å². The molecule has 0 radical (unpaired) electrons. The number of nitrogens with one attached hydrogen (secondary N) is 1. The minimum atomic E-state index is -0.373. The summed E-state index contributed by atoms with van der Waals surface area (Å²) in [6, 6.07) is 4.52. The maximum atomic E-state index is 12.4. The Bertz CT molecular complexity index is 696. The van der Waals surface area contributed by atoms with Crippen LogP contribution in [-0.2, 0) is 16.6 Å². The van der Waals surface area contributed by atoms with E-state index in [1.807, 2.05) is 6.07 Å². The van der Waals surface area contributed by atoms with E-state index in [1.165, 1.54) is 11.1 Å². The van der Waals surface area contributed by atoms with E-state index in [0.717, 1.165) is 30.9 Å². The molecule has 4 aliphatic rings. The smallest absolute Gasteiger partial charge is 0.196 e. The lowest BCUT2D eigenvalue weighted by molar-refractivity contribution is -0.125. The number of piperidine rings is 1. The van der Waals surface area contributed by atoms with E-state index in [-0.39, 0.29) is 17.3 Å². The molecule has 0 amide bonds. The third-order valence-corrected chi connectivity index (χ3v) is 5.74. The summed E-state index contributed by atoms with van der Waals surface area (Å²) in [5.41, 5.74) is 2.37. The maximum Gasteiger partial charge on any atom is 0.196 e. The minimum absolute atomic E-state index is 0.0954. The number of rotatable bonds is 1. The molecule has 2 aliphatic heterocycles. The molecule has 2 heterocycles. The van der Waals surface area contributed by atoms with Gasteiger partial charge < -0.3 is 14.8 Å². The molecule has 21 heavy (non-hydrogen) atoms. The number of hydrogen-bond donors (Lipinski definition) is 1. The molecule has 2 aliphatic carbocycles. The van der Waals surface area contributed by atoms with Crippen molar-refractivity contribution in [2.45, 2.75) is 30.4 Å². The molecule has 1 aromatic carbocycles. The quantitative estimate of drug-likeness (QED) is 0.845. The van der Waals surface area contributed by atoms with Crippen LogP contribution in [0.5, 0.6) is 11.5 Å². The van der Waals surface area contributed by atoms with Gasteiger partial charge in [-0.1, -0.05) is 12.1 Å². The summed E-state index contributed by atoms with van der Waals surface area (Å²) in [7, 11) is 1.66. The van der Waals surface area contributed by atoms with E-state index in [1.54, 1.807) is 13.2 Å². The minimum Gasteiger partial charge on any atom is -0.493 e. The summed E-state index contributed by atoms with van der Waals surface area (Å²) in [4.78, 5) is 12.4. The van der Waals surface area contributed by atoms with Crippen LogP contribution in [0.3, 0.4) is 0 Å². The van der Waals surface area contributed by atoms with Gasteiger partial charge in [-0.25, -0.2) is 0 Å². The Hall–Kier alpha value is -1.81. The molecule has 1 spiro atoms. The van der Waals surface area contributed by atoms with Crippen molar-refractivity contribution in [1.29, 1.82) is 0 Å². The molecule has 1 saturated heterocycles. The molecular weight excluding hydrogens is 266 g/mol. The second-order valence-corrected chi connectivity index (χ2v) is 6.47. The van der Waals surface area contributed by atoms with Crippen LogP contribution in [0.1, 0.15) is 17.5 Å². The molecule has 0 aromatic heterocycles. The number of benzene rings is 1. The predicted molar refractivity (Wildman–Crippen MR) is 76.8 cm³/mol. The van der Waals surface area contributed by atoms with Crippen molar-refractivity contribution < 1.29 is 14.3 Å². The molecule has 1 unspecified atom stereocenters. The van der Waals surface area contributed by atoms with E-state index in [9.17, 15) is 4.79 Å². The highest BCUT2D eigenvalue weighted by atomic mass is 16.5. The monoisotopic (exact) mass is 283 g/mol. The number of ether oxygens (including phenoxy) is 2. The second kappa shape index (κ2) is 3.69. The number of carbonyl (C=O) groups is 1. The molecule has 1 aromatic rings. The number of hydrogen-bond acceptors (Lipinski definition) is 4. The third-order valence-electron chi connectivity index (χ3n) is 5.74. The number of methoxy groups -OCH3 is 1. The topological polar surface area (TPSA) is 47.6 Å². The summed E-state index contributed by atoms with van der Waals surface area (Å²) in [6.45, 7) is 0.943. The summed E-state index contributed by atoms with van der Waals surface area (Å²) >= 11 is 0. The molecule has 4 nitrogen and oxygen atoms in total. The molecule has 1 fully saturated rings. The zero-order valence-electron chi connectivity index (χ0n) is 11.9. The molecule has 0 saturated carbocycles. The van der Waals surface area contributed by atoms with Crippen molar-refractivity contribution in [3.05, 3.63) is 35.4 Å². The van der Waals surface area contributed by atoms with Crippen LogP contribution in [0.2, 0.25) is 0 Å². The first-order chi connectivity index (χ1) is 10.3. The second-order valence-electron chi connectivity index (χ2n) is 6.47. The van der Waals surface area contributed by atoms with Crippen molar-refractivity contribution in [3.8, 4) is 11.5 Å². The zero-order chi connectivity index (χ0) is 14.2. The lowest BCUT2D eigenvalue weighted by Crippen LogP contribution is -2.63. The Kier molecular flexibility index (Phi) is 2.07. The first-order valence-corrected chi connectivity index (χ1v) is 7.58. The van der Waals surface area contributed by atoms with E-state index in [2.05, 4.69) is 17.5 Å². The van der Waals surface area contributed by atoms with Gasteiger partial charge in [0.2, 0.25) is 0 Å². The van der Waals surface area contributed by atoms with Crippen molar-refractivity contribution >= 4 is 5.78 Å². The zero-order valence-corrected chi connectivity index (χ0v) is 11.9. The fourth-order valence-electron chi connectivity index (χ4n) is 4.97. The van der Waals surface area contributed by atoms with Gasteiger partial charge in [0.1, 0.15) is 0 Å². The van der Waals surface area contributed by atoms with Crippen LogP contribution in [0.25, 0.3) is 0 Å². The van der Waals surface area contributed by atoms with Gasteiger partial charge in [0, 0.05) is 17.5 Å². The van der Waals surface area contributed by atoms with Gasteiger partial charge in [0.25, 0.3) is 0 Å². The summed E-state index contributed by atoms with van der Waals surface area (Å²) in [5.74, 6) is 2.00. The van der Waals surface area contributed by atoms with Crippen LogP contribution in [0, 0.1) is 5.92 Å². The lowest BCUT2D eigenvalue weighted by Gasteiger charge is -2.52. The van der Waals surface area contributed by atoms with Gasteiger partial charge in [-0.15, -0.1) is 0 Å². The van der Waals surface area contributed by atoms with Crippen LogP contribution >= 0.6 is 0 Å². The average Bonchev–Trinajstić information content (AvgIpc) is 2.83. The van der Waals surface area contributed by atoms with E-state index >= 15 is 0 Å². The van der Waals surface area contributed by atoms with Crippen LogP contribution in [0.4, 0.5) is 0 Å². The van der Waals surface area contributed by atoms with Crippen molar-refractivity contribution in [1.82, 2.24) is 5.32 Å². The van der Waals surface area contributed by atoms with Crippen LogP contribution < -0.4 is 14.8 Å². The Morgan fingerprint density at radius 2 is 2.33 bits per heavy atom. The summed E-state index contributed by atoms with van der Waals surface area (Å²) < 4.78 is 11.6. The Morgan fingerprint density at radius 3 is 3.19 bits per heavy atom. The highest BCUT2D eigenvalue weighted by Gasteiger charge is 2.63. The Labute approximate surface area is 123 Å². The molecule has 108 valence electrons. The highest BCUT2D eigenvalue weighted by molar-refractivity contribution is 5.98. The molecular formula is C17H17NO3. The highest BCUT2D eigenvalue weighted by Crippen LogP contribution is 2.60. The molecule has 4 atom stereocenters. The van der Waals surface area contributed by atoms with Gasteiger partial charge in [0.15, 0.2) is 23.4 Å². The first kappa shape index (κ1) is 11.8. The molecule has 1 N–H and O–H groups in total. The van der Waals surface area contributed by atoms with E-state index < -0.39 is 0 Å². The van der Waals surface area contributed by atoms with Gasteiger partial charge in [-0.3, -0.25) is 4.79 Å². The maximum absolute atomic E-state index is 12.4. The van der Waals surface area contributed by atoms with E-state index in [4.69, 9.17) is 9.47 Å². The fourth-order valence-corrected chi connectivity index (χ4v) is 4.97. The van der Waals surface area contributed by atoms with E-state index in [0.29, 0.717) is 12.0 Å². The summed E-state index contributed by atoms with van der Waals surface area (Å²) in [5, 5.41) is 3.62. The number of carbonyl (C=O) groups excluding carboxylic acids is 1. The SMILES string of the molecule is COc1ccc2c3c1O[C@H]1C(=O)C=CC4[C@@H](C2)NCC[C@@]341. The van der Waals surface area contributed by atoms with Gasteiger partial charge in [0.05, 0.1) is 12.5 Å². The Morgan fingerprint density at radius 1 is 1.43 bits per heavy atom. The molecule has 5 rings (SSSR count). The number of ketones is 1. The Balaban J connectivity index is 1.86. The fraction of sp³-hybridized carbons (Fsp3) is 0.471. The van der Waals surface area contributed by atoms with Crippen LogP contribution in [0.15, 0.2) is 24.3 Å². The standard InChI is InChI=1S/C17H17NO3/c1-20-13-5-2-9-8-11-10-3-4-12(19)16-17(10,6-7-18-11)14(9)15(13)21-16/h2-5,10-11,16,18H,6-8H2,1H3/t10?,11-,16+,17+/m1/s1. The van der Waals surface area contributed by atoms with Crippen molar-refractivity contribution in [3.63, 3.8) is 0 Å². The van der Waals surface area contributed by atoms with Crippen molar-refractivity contribution in [2.75, 3.05) is 13.7 Å². The normalized spacial score (nSPS) is 38.0. The first-order valence-electron chi connectivity index (χ1n) is 7.58. The van der Waals surface area contributed by atoms with Gasteiger partial charge in [-0.05, 0) is 37.1 Å². The van der Waals surface area contributed by atoms with Gasteiger partial charge >= 0.3 is 0 Å². The summed E-state index contributed by atoms with van der Waals surface area (Å²) in [6.07, 6.45) is 5.39. The average molecular weight is 283 g/mol.